The van der Waals surface area contributed by atoms with Gasteiger partial charge in [-0.2, -0.15) is 0 Å². The Hall–Kier alpha value is -2.80. The number of rotatable bonds is 5. The van der Waals surface area contributed by atoms with Gasteiger partial charge in [0.1, 0.15) is 10.6 Å². The van der Waals surface area contributed by atoms with Crippen molar-refractivity contribution in [3.05, 3.63) is 53.4 Å². The van der Waals surface area contributed by atoms with Crippen molar-refractivity contribution in [1.82, 2.24) is 9.97 Å². The first kappa shape index (κ1) is 17.6. The van der Waals surface area contributed by atoms with Gasteiger partial charge in [-0.3, -0.25) is 19.9 Å². The van der Waals surface area contributed by atoms with Gasteiger partial charge in [0.05, 0.1) is 6.26 Å². The maximum Gasteiger partial charge on any atom is 0.257 e. The SMILES string of the molecule is O=C(Nc1nc(-c2ccco2)c(C(=O)C2CCCCC2)s1)c1ccncc1. The molecule has 0 spiro atoms. The molecule has 0 atom stereocenters. The van der Waals surface area contributed by atoms with E-state index in [4.69, 9.17) is 4.42 Å². The van der Waals surface area contributed by atoms with Crippen LogP contribution in [0.2, 0.25) is 0 Å². The lowest BCUT2D eigenvalue weighted by atomic mass is 9.85. The number of thiazole rings is 1. The van der Waals surface area contributed by atoms with Crippen molar-refractivity contribution in [3.63, 3.8) is 0 Å². The third kappa shape index (κ3) is 3.83. The summed E-state index contributed by atoms with van der Waals surface area (Å²) in [5.41, 5.74) is 0.991. The first-order chi connectivity index (χ1) is 13.2. The Labute approximate surface area is 160 Å². The molecule has 0 unspecified atom stereocenters. The zero-order chi connectivity index (χ0) is 18.6. The molecular weight excluding hydrogens is 362 g/mol. The maximum atomic E-state index is 13.1. The number of amides is 1. The minimum Gasteiger partial charge on any atom is -0.463 e. The summed E-state index contributed by atoms with van der Waals surface area (Å²) in [4.78, 5) is 34.5. The van der Waals surface area contributed by atoms with Crippen LogP contribution in [0, 0.1) is 5.92 Å². The van der Waals surface area contributed by atoms with Crippen LogP contribution in [-0.2, 0) is 0 Å². The van der Waals surface area contributed by atoms with Crippen LogP contribution in [0.15, 0.2) is 47.3 Å². The van der Waals surface area contributed by atoms with Crippen molar-refractivity contribution in [2.24, 2.45) is 5.92 Å². The molecule has 1 fully saturated rings. The number of Topliss-reactive ketones (excluding diaryl/α,β-unsaturated/α-hetero) is 1. The molecule has 1 saturated carbocycles. The summed E-state index contributed by atoms with van der Waals surface area (Å²) >= 11 is 1.21. The van der Waals surface area contributed by atoms with E-state index in [-0.39, 0.29) is 17.6 Å². The van der Waals surface area contributed by atoms with Crippen molar-refractivity contribution >= 4 is 28.2 Å². The predicted molar refractivity (Wildman–Crippen MR) is 103 cm³/mol. The van der Waals surface area contributed by atoms with Gasteiger partial charge in [0, 0.05) is 23.9 Å². The molecule has 1 N–H and O–H groups in total. The Morgan fingerprint density at radius 1 is 1.11 bits per heavy atom. The molecule has 0 aliphatic heterocycles. The van der Waals surface area contributed by atoms with Crippen LogP contribution in [0.3, 0.4) is 0 Å². The number of nitrogens with zero attached hydrogens (tertiary/aromatic N) is 2. The first-order valence-corrected chi connectivity index (χ1v) is 9.84. The van der Waals surface area contributed by atoms with E-state index in [0.29, 0.717) is 27.0 Å². The summed E-state index contributed by atoms with van der Waals surface area (Å²) in [7, 11) is 0. The van der Waals surface area contributed by atoms with E-state index in [0.717, 1.165) is 25.7 Å². The monoisotopic (exact) mass is 381 g/mol. The van der Waals surface area contributed by atoms with Crippen LogP contribution in [0.1, 0.15) is 52.1 Å². The molecule has 27 heavy (non-hydrogen) atoms. The molecule has 4 rings (SSSR count). The molecule has 1 amide bonds. The minimum absolute atomic E-state index is 0.0247. The second-order valence-electron chi connectivity index (χ2n) is 6.56. The fourth-order valence-corrected chi connectivity index (χ4v) is 4.33. The van der Waals surface area contributed by atoms with Gasteiger partial charge in [0.15, 0.2) is 16.7 Å². The molecule has 1 aliphatic rings. The Balaban J connectivity index is 1.63. The van der Waals surface area contributed by atoms with Gasteiger partial charge < -0.3 is 4.42 Å². The molecule has 1 aliphatic carbocycles. The van der Waals surface area contributed by atoms with Gasteiger partial charge in [-0.05, 0) is 37.1 Å². The number of pyridine rings is 1. The normalized spacial score (nSPS) is 14.8. The lowest BCUT2D eigenvalue weighted by Gasteiger charge is -2.19. The average Bonchev–Trinajstić information content (AvgIpc) is 3.38. The molecule has 0 radical (unpaired) electrons. The van der Waals surface area contributed by atoms with Crippen LogP contribution in [-0.4, -0.2) is 21.7 Å². The zero-order valence-electron chi connectivity index (χ0n) is 14.7. The Morgan fingerprint density at radius 3 is 2.59 bits per heavy atom. The number of carbonyl (C=O) groups is 2. The Morgan fingerprint density at radius 2 is 1.89 bits per heavy atom. The van der Waals surface area contributed by atoms with Gasteiger partial charge in [-0.1, -0.05) is 30.6 Å². The van der Waals surface area contributed by atoms with E-state index >= 15 is 0 Å². The third-order valence-corrected chi connectivity index (χ3v) is 5.73. The first-order valence-electron chi connectivity index (χ1n) is 9.02. The maximum absolute atomic E-state index is 13.1. The molecular formula is C20H19N3O3S. The molecule has 3 aromatic heterocycles. The van der Waals surface area contributed by atoms with Crippen molar-refractivity contribution in [3.8, 4) is 11.5 Å². The van der Waals surface area contributed by atoms with E-state index in [2.05, 4.69) is 15.3 Å². The molecule has 3 aromatic rings. The van der Waals surface area contributed by atoms with Gasteiger partial charge in [-0.25, -0.2) is 4.98 Å². The quantitative estimate of drug-likeness (QED) is 0.641. The van der Waals surface area contributed by atoms with Gasteiger partial charge in [0.2, 0.25) is 0 Å². The number of carbonyl (C=O) groups excluding carboxylic acids is 2. The van der Waals surface area contributed by atoms with E-state index < -0.39 is 0 Å². The number of aromatic nitrogens is 2. The van der Waals surface area contributed by atoms with E-state index in [1.54, 1.807) is 42.9 Å². The highest BCUT2D eigenvalue weighted by atomic mass is 32.1. The molecule has 6 nitrogen and oxygen atoms in total. The van der Waals surface area contributed by atoms with Crippen LogP contribution in [0.4, 0.5) is 5.13 Å². The van der Waals surface area contributed by atoms with Crippen molar-refractivity contribution in [2.45, 2.75) is 32.1 Å². The largest absolute Gasteiger partial charge is 0.463 e. The van der Waals surface area contributed by atoms with Gasteiger partial charge in [-0.15, -0.1) is 0 Å². The number of ketones is 1. The highest BCUT2D eigenvalue weighted by Gasteiger charge is 2.29. The highest BCUT2D eigenvalue weighted by Crippen LogP contribution is 2.36. The number of anilines is 1. The standard InChI is InChI=1S/C20H19N3O3S/c24-17(13-5-2-1-3-6-13)18-16(15-7-4-12-26-15)22-20(27-18)23-19(25)14-8-10-21-11-9-14/h4,7-13H,1-3,5-6H2,(H,22,23,25). The number of nitrogens with one attached hydrogen (secondary N) is 1. The Bertz CT molecular complexity index is 929. The molecule has 0 aromatic carbocycles. The fraction of sp³-hybridized carbons (Fsp3) is 0.300. The number of hydrogen-bond acceptors (Lipinski definition) is 6. The summed E-state index contributed by atoms with van der Waals surface area (Å²) in [5.74, 6) is 0.378. The molecule has 138 valence electrons. The van der Waals surface area contributed by atoms with Crippen molar-refractivity contribution < 1.29 is 14.0 Å². The smallest absolute Gasteiger partial charge is 0.257 e. The van der Waals surface area contributed by atoms with Gasteiger partial charge >= 0.3 is 0 Å². The highest BCUT2D eigenvalue weighted by molar-refractivity contribution is 7.18. The molecule has 7 heteroatoms. The second-order valence-corrected chi connectivity index (χ2v) is 7.56. The summed E-state index contributed by atoms with van der Waals surface area (Å²) in [6, 6.07) is 6.80. The summed E-state index contributed by atoms with van der Waals surface area (Å²) in [6.07, 6.45) is 9.84. The van der Waals surface area contributed by atoms with Gasteiger partial charge in [0.25, 0.3) is 5.91 Å². The van der Waals surface area contributed by atoms with E-state index in [1.165, 1.54) is 17.8 Å². The van der Waals surface area contributed by atoms with E-state index in [9.17, 15) is 9.59 Å². The fourth-order valence-electron chi connectivity index (χ4n) is 3.34. The lowest BCUT2D eigenvalue weighted by Crippen LogP contribution is -2.17. The van der Waals surface area contributed by atoms with Crippen LogP contribution >= 0.6 is 11.3 Å². The van der Waals surface area contributed by atoms with E-state index in [1.807, 2.05) is 0 Å². The summed E-state index contributed by atoms with van der Waals surface area (Å²) in [6.45, 7) is 0. The van der Waals surface area contributed by atoms with Crippen LogP contribution < -0.4 is 5.32 Å². The molecule has 0 saturated heterocycles. The topological polar surface area (TPSA) is 85.1 Å². The number of furan rings is 1. The Kier molecular flexibility index (Phi) is 5.11. The lowest BCUT2D eigenvalue weighted by molar-refractivity contribution is 0.0893. The summed E-state index contributed by atoms with van der Waals surface area (Å²) < 4.78 is 5.47. The molecule has 3 heterocycles. The average molecular weight is 381 g/mol. The van der Waals surface area contributed by atoms with Crippen LogP contribution in [0.25, 0.3) is 11.5 Å². The van der Waals surface area contributed by atoms with Crippen molar-refractivity contribution in [1.29, 1.82) is 0 Å². The molecule has 0 bridgehead atoms. The number of hydrogen-bond donors (Lipinski definition) is 1. The van der Waals surface area contributed by atoms with Crippen molar-refractivity contribution in [2.75, 3.05) is 5.32 Å². The predicted octanol–water partition coefficient (Wildman–Crippen LogP) is 4.81. The second kappa shape index (κ2) is 7.84. The van der Waals surface area contributed by atoms with Crippen LogP contribution in [0.5, 0.6) is 0 Å². The third-order valence-electron chi connectivity index (χ3n) is 4.74. The zero-order valence-corrected chi connectivity index (χ0v) is 15.5. The summed E-state index contributed by atoms with van der Waals surface area (Å²) in [5, 5.41) is 3.18. The minimum atomic E-state index is -0.284.